The third-order valence-corrected chi connectivity index (χ3v) is 2.91. The zero-order valence-electron chi connectivity index (χ0n) is 11.2. The first-order valence-electron chi connectivity index (χ1n) is 5.88. The van der Waals surface area contributed by atoms with E-state index in [-0.39, 0.29) is 5.82 Å². The fourth-order valence-corrected chi connectivity index (χ4v) is 1.91. The van der Waals surface area contributed by atoms with Crippen LogP contribution in [0.3, 0.4) is 0 Å². The second kappa shape index (κ2) is 5.68. The lowest BCUT2D eigenvalue weighted by Gasteiger charge is -2.06. The number of halogens is 1. The lowest BCUT2D eigenvalue weighted by atomic mass is 9.99. The van der Waals surface area contributed by atoms with E-state index < -0.39 is 45.7 Å². The summed E-state index contributed by atoms with van der Waals surface area (Å²) in [5, 5.41) is 23.8. The number of carboxylic acids is 1. The fraction of sp³-hybridized carbons (Fsp3) is 0.167. The van der Waals surface area contributed by atoms with Gasteiger partial charge in [-0.15, -0.1) is 0 Å². The molecule has 0 aliphatic heterocycles. The highest BCUT2D eigenvalue weighted by Crippen LogP contribution is 2.26. The zero-order valence-corrected chi connectivity index (χ0v) is 11.2. The van der Waals surface area contributed by atoms with Crippen molar-refractivity contribution >= 4 is 17.4 Å². The highest BCUT2D eigenvalue weighted by molar-refractivity contribution is 6.09. The van der Waals surface area contributed by atoms with Gasteiger partial charge in [-0.2, -0.15) is 5.10 Å². The number of hydrogen-bond donors (Lipinski definition) is 1. The molecule has 2 aromatic rings. The summed E-state index contributed by atoms with van der Waals surface area (Å²) < 4.78 is 14.6. The molecule has 9 nitrogen and oxygen atoms in total. The number of hydrogen-bond acceptors (Lipinski definition) is 6. The van der Waals surface area contributed by atoms with Crippen LogP contribution in [0.25, 0.3) is 0 Å². The lowest BCUT2D eigenvalue weighted by Crippen LogP contribution is -2.16. The standard InChI is InChI=1S/C12H9FN4O5/c1-16-10(14-5-15-16)4-9(18)11-7(12(19)20)2-6(13)3-8(11)17(21)22/h2-3,5H,4H2,1H3,(H,19,20). The average Bonchev–Trinajstić information content (AvgIpc) is 2.82. The van der Waals surface area contributed by atoms with Gasteiger partial charge in [0.05, 0.1) is 23.0 Å². The number of carbonyl (C=O) groups is 2. The van der Waals surface area contributed by atoms with E-state index in [1.54, 1.807) is 0 Å². The number of carboxylic acid groups (broad SMARTS) is 1. The zero-order chi connectivity index (χ0) is 16.4. The van der Waals surface area contributed by atoms with Crippen LogP contribution < -0.4 is 0 Å². The van der Waals surface area contributed by atoms with Crippen molar-refractivity contribution in [3.63, 3.8) is 0 Å². The summed E-state index contributed by atoms with van der Waals surface area (Å²) in [7, 11) is 1.51. The maximum Gasteiger partial charge on any atom is 0.336 e. The molecule has 1 heterocycles. The molecular formula is C12H9FN4O5. The Balaban J connectivity index is 2.57. The molecule has 0 aliphatic carbocycles. The van der Waals surface area contributed by atoms with E-state index in [9.17, 15) is 24.1 Å². The number of Topliss-reactive ketones (excluding diaryl/α,β-unsaturated/α-hetero) is 1. The van der Waals surface area contributed by atoms with E-state index in [0.29, 0.717) is 12.1 Å². The van der Waals surface area contributed by atoms with Crippen molar-refractivity contribution in [3.05, 3.63) is 51.3 Å². The topological polar surface area (TPSA) is 128 Å². The normalized spacial score (nSPS) is 10.5. The molecule has 0 amide bonds. The molecule has 1 aromatic heterocycles. The van der Waals surface area contributed by atoms with Gasteiger partial charge in [0.1, 0.15) is 23.5 Å². The molecule has 0 bridgehead atoms. The Kier molecular flexibility index (Phi) is 3.93. The van der Waals surface area contributed by atoms with Crippen LogP contribution in [0.2, 0.25) is 0 Å². The first kappa shape index (κ1) is 15.2. The van der Waals surface area contributed by atoms with Crippen LogP contribution >= 0.6 is 0 Å². The smallest absolute Gasteiger partial charge is 0.336 e. The Morgan fingerprint density at radius 3 is 2.64 bits per heavy atom. The molecule has 0 aliphatic rings. The Hall–Kier alpha value is -3.17. The maximum atomic E-state index is 13.3. The maximum absolute atomic E-state index is 13.3. The Morgan fingerprint density at radius 2 is 2.14 bits per heavy atom. The van der Waals surface area contributed by atoms with Gasteiger partial charge in [-0.3, -0.25) is 19.6 Å². The quantitative estimate of drug-likeness (QED) is 0.495. The molecule has 114 valence electrons. The largest absolute Gasteiger partial charge is 0.478 e. The molecule has 1 N–H and O–H groups in total. The minimum atomic E-state index is -1.64. The molecule has 0 unspecified atom stereocenters. The molecule has 0 spiro atoms. The first-order valence-corrected chi connectivity index (χ1v) is 5.88. The van der Waals surface area contributed by atoms with E-state index in [1.165, 1.54) is 18.1 Å². The lowest BCUT2D eigenvalue weighted by molar-refractivity contribution is -0.385. The minimum absolute atomic E-state index is 0.194. The number of ketones is 1. The number of aromatic nitrogens is 3. The number of nitro benzene ring substituents is 1. The van der Waals surface area contributed by atoms with E-state index in [4.69, 9.17) is 5.11 Å². The number of aryl methyl sites for hydroxylation is 1. The number of aromatic carboxylic acids is 1. The summed E-state index contributed by atoms with van der Waals surface area (Å²) in [6.45, 7) is 0. The van der Waals surface area contributed by atoms with Crippen molar-refractivity contribution in [3.8, 4) is 0 Å². The van der Waals surface area contributed by atoms with Crippen LogP contribution in [0, 0.1) is 15.9 Å². The molecule has 0 fully saturated rings. The molecule has 22 heavy (non-hydrogen) atoms. The van der Waals surface area contributed by atoms with Gasteiger partial charge in [-0.05, 0) is 6.07 Å². The number of nitro groups is 1. The molecule has 0 saturated heterocycles. The third-order valence-electron chi connectivity index (χ3n) is 2.91. The molecule has 2 rings (SSSR count). The van der Waals surface area contributed by atoms with Crippen LogP contribution in [0.4, 0.5) is 10.1 Å². The van der Waals surface area contributed by atoms with Crippen LogP contribution in [-0.4, -0.2) is 36.5 Å². The van der Waals surface area contributed by atoms with Crippen molar-refractivity contribution in [2.45, 2.75) is 6.42 Å². The summed E-state index contributed by atoms with van der Waals surface area (Å²) in [6.07, 6.45) is 0.781. The van der Waals surface area contributed by atoms with Crippen molar-refractivity contribution < 1.29 is 24.0 Å². The van der Waals surface area contributed by atoms with Gasteiger partial charge in [-0.25, -0.2) is 14.2 Å². The second-order valence-electron chi connectivity index (χ2n) is 4.31. The van der Waals surface area contributed by atoms with Gasteiger partial charge < -0.3 is 5.11 Å². The van der Waals surface area contributed by atoms with E-state index in [2.05, 4.69) is 10.1 Å². The highest BCUT2D eigenvalue weighted by atomic mass is 19.1. The van der Waals surface area contributed by atoms with Crippen LogP contribution in [0.5, 0.6) is 0 Å². The van der Waals surface area contributed by atoms with Gasteiger partial charge in [0.25, 0.3) is 5.69 Å². The molecular weight excluding hydrogens is 299 g/mol. The second-order valence-corrected chi connectivity index (χ2v) is 4.31. The average molecular weight is 308 g/mol. The van der Waals surface area contributed by atoms with Gasteiger partial charge in [0.2, 0.25) is 0 Å². The van der Waals surface area contributed by atoms with Gasteiger partial charge in [0, 0.05) is 7.05 Å². The van der Waals surface area contributed by atoms with Crippen LogP contribution in [0.15, 0.2) is 18.5 Å². The highest BCUT2D eigenvalue weighted by Gasteiger charge is 2.29. The molecule has 0 radical (unpaired) electrons. The summed E-state index contributed by atoms with van der Waals surface area (Å²) in [5.41, 5.74) is -2.33. The van der Waals surface area contributed by atoms with Crippen LogP contribution in [-0.2, 0) is 13.5 Å². The van der Waals surface area contributed by atoms with Gasteiger partial charge >= 0.3 is 5.97 Å². The number of rotatable bonds is 5. The minimum Gasteiger partial charge on any atom is -0.478 e. The fourth-order valence-electron chi connectivity index (χ4n) is 1.91. The first-order chi connectivity index (χ1) is 10.3. The predicted octanol–water partition coefficient (Wildman–Crippen LogP) is 0.986. The van der Waals surface area contributed by atoms with Gasteiger partial charge in [0.15, 0.2) is 5.78 Å². The summed E-state index contributed by atoms with van der Waals surface area (Å²) in [6, 6.07) is 1.08. The van der Waals surface area contributed by atoms with Crippen molar-refractivity contribution in [1.82, 2.24) is 14.8 Å². The molecule has 1 aromatic carbocycles. The molecule has 10 heteroatoms. The summed E-state index contributed by atoms with van der Waals surface area (Å²) in [4.78, 5) is 37.2. The number of carbonyl (C=O) groups excluding carboxylic acids is 1. The summed E-state index contributed by atoms with van der Waals surface area (Å²) >= 11 is 0. The Bertz CT molecular complexity index is 751. The van der Waals surface area contributed by atoms with E-state index in [1.807, 2.05) is 0 Å². The predicted molar refractivity (Wildman–Crippen MR) is 69.1 cm³/mol. The Morgan fingerprint density at radius 1 is 1.45 bits per heavy atom. The molecule has 0 saturated carbocycles. The van der Waals surface area contributed by atoms with Crippen molar-refractivity contribution in [1.29, 1.82) is 0 Å². The monoisotopic (exact) mass is 308 g/mol. The summed E-state index contributed by atoms with van der Waals surface area (Å²) in [5.74, 6) is -3.41. The third kappa shape index (κ3) is 2.80. The van der Waals surface area contributed by atoms with E-state index >= 15 is 0 Å². The van der Waals surface area contributed by atoms with Crippen molar-refractivity contribution in [2.24, 2.45) is 7.05 Å². The Labute approximate surface area is 122 Å². The SMILES string of the molecule is Cn1ncnc1CC(=O)c1c(C(=O)O)cc(F)cc1[N+](=O)[O-]. The number of benzene rings is 1. The van der Waals surface area contributed by atoms with Gasteiger partial charge in [-0.1, -0.05) is 0 Å². The van der Waals surface area contributed by atoms with E-state index in [0.717, 1.165) is 0 Å². The van der Waals surface area contributed by atoms with Crippen molar-refractivity contribution in [2.75, 3.05) is 0 Å². The van der Waals surface area contributed by atoms with Crippen LogP contribution in [0.1, 0.15) is 26.5 Å². The molecule has 0 atom stereocenters. The number of nitrogens with zero attached hydrogens (tertiary/aromatic N) is 4.